The van der Waals surface area contributed by atoms with E-state index in [1.54, 1.807) is 16.8 Å². The van der Waals surface area contributed by atoms with Crippen LogP contribution < -0.4 is 10.9 Å². The van der Waals surface area contributed by atoms with Crippen molar-refractivity contribution >= 4 is 33.1 Å². The van der Waals surface area contributed by atoms with E-state index in [0.29, 0.717) is 17.1 Å². The van der Waals surface area contributed by atoms with E-state index in [4.69, 9.17) is 0 Å². The van der Waals surface area contributed by atoms with Gasteiger partial charge in [0.15, 0.2) is 0 Å². The summed E-state index contributed by atoms with van der Waals surface area (Å²) in [7, 11) is 0. The Morgan fingerprint density at radius 2 is 2.00 bits per heavy atom. The van der Waals surface area contributed by atoms with Gasteiger partial charge in [-0.05, 0) is 31.9 Å². The van der Waals surface area contributed by atoms with Crippen molar-refractivity contribution in [1.29, 1.82) is 0 Å². The first-order chi connectivity index (χ1) is 12.4. The summed E-state index contributed by atoms with van der Waals surface area (Å²) in [6.45, 7) is 8.52. The third kappa shape index (κ3) is 3.39. The Bertz CT molecular complexity index is 1040. The summed E-state index contributed by atoms with van der Waals surface area (Å²) >= 11 is 1.38. The lowest BCUT2D eigenvalue weighted by molar-refractivity contribution is 0.103. The number of nitrogens with one attached hydrogen (secondary N) is 1. The van der Waals surface area contributed by atoms with Crippen LogP contribution in [-0.4, -0.2) is 20.4 Å². The topological polar surface area (TPSA) is 76.9 Å². The molecule has 0 bridgehead atoms. The monoisotopic (exact) mass is 370 g/mol. The van der Waals surface area contributed by atoms with Gasteiger partial charge in [0.2, 0.25) is 0 Å². The first-order valence-corrected chi connectivity index (χ1v) is 9.54. The minimum absolute atomic E-state index is 0.0686. The van der Waals surface area contributed by atoms with Gasteiger partial charge >= 0.3 is 0 Å². The molecule has 0 unspecified atom stereocenters. The summed E-state index contributed by atoms with van der Waals surface area (Å²) in [5.74, 6) is 0.597. The second kappa shape index (κ2) is 7.37. The van der Waals surface area contributed by atoms with Crippen molar-refractivity contribution in [1.82, 2.24) is 14.5 Å². The van der Waals surface area contributed by atoms with Crippen LogP contribution in [0.4, 0.5) is 5.69 Å². The molecule has 1 N–H and O–H groups in total. The van der Waals surface area contributed by atoms with Crippen molar-refractivity contribution in [2.75, 3.05) is 5.32 Å². The summed E-state index contributed by atoms with van der Waals surface area (Å²) < 4.78 is 1.61. The highest BCUT2D eigenvalue weighted by molar-refractivity contribution is 7.20. The Hall–Kier alpha value is -2.54. The van der Waals surface area contributed by atoms with Gasteiger partial charge in [-0.1, -0.05) is 13.8 Å². The third-order valence-electron chi connectivity index (χ3n) is 4.25. The van der Waals surface area contributed by atoms with E-state index >= 15 is 0 Å². The summed E-state index contributed by atoms with van der Waals surface area (Å²) in [6.07, 6.45) is 3.30. The van der Waals surface area contributed by atoms with E-state index in [9.17, 15) is 9.59 Å². The fourth-order valence-electron chi connectivity index (χ4n) is 2.98. The van der Waals surface area contributed by atoms with Crippen LogP contribution in [0.5, 0.6) is 0 Å². The molecule has 0 saturated heterocycles. The van der Waals surface area contributed by atoms with Crippen LogP contribution >= 0.6 is 11.3 Å². The molecule has 136 valence electrons. The van der Waals surface area contributed by atoms with Crippen molar-refractivity contribution < 1.29 is 4.79 Å². The number of aromatic nitrogens is 3. The third-order valence-corrected chi connectivity index (χ3v) is 5.43. The fourth-order valence-corrected chi connectivity index (χ4v) is 4.12. The van der Waals surface area contributed by atoms with Gasteiger partial charge < -0.3 is 9.88 Å². The maximum atomic E-state index is 12.8. The van der Waals surface area contributed by atoms with Gasteiger partial charge in [-0.3, -0.25) is 9.59 Å². The molecule has 0 aliphatic carbocycles. The fraction of sp³-hybridized carbons (Fsp3) is 0.368. The van der Waals surface area contributed by atoms with E-state index in [2.05, 4.69) is 15.3 Å². The predicted molar refractivity (Wildman–Crippen MR) is 105 cm³/mol. The van der Waals surface area contributed by atoms with Gasteiger partial charge in [-0.25, -0.2) is 9.97 Å². The zero-order valence-electron chi connectivity index (χ0n) is 15.4. The number of fused-ring (bicyclic) bond motifs is 1. The molecule has 0 aliphatic heterocycles. The normalized spacial score (nSPS) is 11.1. The Labute approximate surface area is 155 Å². The number of aryl methyl sites for hydroxylation is 4. The summed E-state index contributed by atoms with van der Waals surface area (Å²) in [6, 6.07) is 3.11. The highest BCUT2D eigenvalue weighted by Crippen LogP contribution is 2.31. The van der Waals surface area contributed by atoms with Crippen molar-refractivity contribution in [3.05, 3.63) is 50.6 Å². The molecule has 7 heteroatoms. The Morgan fingerprint density at radius 1 is 1.23 bits per heavy atom. The lowest BCUT2D eigenvalue weighted by Crippen LogP contribution is -2.20. The number of nitrogens with zero attached hydrogens (tertiary/aromatic N) is 3. The number of rotatable bonds is 5. The van der Waals surface area contributed by atoms with E-state index in [1.807, 2.05) is 27.7 Å². The van der Waals surface area contributed by atoms with Crippen LogP contribution in [-0.2, 0) is 13.0 Å². The van der Waals surface area contributed by atoms with Crippen LogP contribution in [0, 0.1) is 13.8 Å². The SMILES string of the molecule is CCCn1cc(NC(=O)c2sc3nc(CC)nc(C)c3c2C)ccc1=O. The average molecular weight is 370 g/mol. The number of carbonyl (C=O) groups excluding carboxylic acids is 1. The molecular formula is C19H22N4O2S. The molecule has 0 saturated carbocycles. The van der Waals surface area contributed by atoms with Crippen molar-refractivity contribution in [3.8, 4) is 0 Å². The zero-order valence-corrected chi connectivity index (χ0v) is 16.2. The molecule has 0 spiro atoms. The van der Waals surface area contributed by atoms with Crippen LogP contribution in [0.1, 0.15) is 47.0 Å². The maximum Gasteiger partial charge on any atom is 0.266 e. The minimum atomic E-state index is -0.190. The molecule has 0 aromatic carbocycles. The number of pyridine rings is 1. The predicted octanol–water partition coefficient (Wildman–Crippen LogP) is 3.69. The molecule has 1 amide bonds. The number of hydrogen-bond donors (Lipinski definition) is 1. The molecular weight excluding hydrogens is 348 g/mol. The lowest BCUT2D eigenvalue weighted by Gasteiger charge is -2.08. The Morgan fingerprint density at radius 3 is 2.69 bits per heavy atom. The molecule has 3 aromatic rings. The van der Waals surface area contributed by atoms with Crippen LogP contribution in [0.25, 0.3) is 10.2 Å². The largest absolute Gasteiger partial charge is 0.320 e. The lowest BCUT2D eigenvalue weighted by atomic mass is 10.1. The van der Waals surface area contributed by atoms with Crippen molar-refractivity contribution in [2.45, 2.75) is 47.1 Å². The zero-order chi connectivity index (χ0) is 18.8. The first kappa shape index (κ1) is 18.3. The van der Waals surface area contributed by atoms with E-state index < -0.39 is 0 Å². The number of hydrogen-bond acceptors (Lipinski definition) is 5. The second-order valence-corrected chi connectivity index (χ2v) is 7.22. The quantitative estimate of drug-likeness (QED) is 0.743. The molecule has 0 aliphatic rings. The van der Waals surface area contributed by atoms with Gasteiger partial charge in [0.1, 0.15) is 10.7 Å². The summed E-state index contributed by atoms with van der Waals surface area (Å²) in [5.41, 5.74) is 2.33. The van der Waals surface area contributed by atoms with Crippen LogP contribution in [0.2, 0.25) is 0 Å². The molecule has 0 radical (unpaired) electrons. The summed E-state index contributed by atoms with van der Waals surface area (Å²) in [4.78, 5) is 35.1. The minimum Gasteiger partial charge on any atom is -0.320 e. The van der Waals surface area contributed by atoms with Gasteiger partial charge in [0.05, 0.1) is 10.6 Å². The van der Waals surface area contributed by atoms with Gasteiger partial charge in [0, 0.05) is 36.3 Å². The van der Waals surface area contributed by atoms with E-state index in [0.717, 1.165) is 40.1 Å². The van der Waals surface area contributed by atoms with Crippen molar-refractivity contribution in [2.24, 2.45) is 0 Å². The van der Waals surface area contributed by atoms with E-state index in [1.165, 1.54) is 17.4 Å². The molecule has 3 rings (SSSR count). The number of anilines is 1. The van der Waals surface area contributed by atoms with Crippen molar-refractivity contribution in [3.63, 3.8) is 0 Å². The first-order valence-electron chi connectivity index (χ1n) is 8.73. The Balaban J connectivity index is 1.95. The van der Waals surface area contributed by atoms with Crippen LogP contribution in [0.3, 0.4) is 0 Å². The number of thiophene rings is 1. The van der Waals surface area contributed by atoms with Gasteiger partial charge in [0.25, 0.3) is 11.5 Å². The molecule has 26 heavy (non-hydrogen) atoms. The molecule has 3 heterocycles. The van der Waals surface area contributed by atoms with Crippen LogP contribution in [0.15, 0.2) is 23.1 Å². The molecule has 0 fully saturated rings. The smallest absolute Gasteiger partial charge is 0.266 e. The summed E-state index contributed by atoms with van der Waals surface area (Å²) in [5, 5.41) is 3.85. The molecule has 0 atom stereocenters. The van der Waals surface area contributed by atoms with Gasteiger partial charge in [-0.2, -0.15) is 0 Å². The second-order valence-electron chi connectivity index (χ2n) is 6.22. The van der Waals surface area contributed by atoms with E-state index in [-0.39, 0.29) is 11.5 Å². The standard InChI is InChI=1S/C19H22N4O2S/c1-5-9-23-10-13(7-8-15(23)24)21-18(25)17-11(3)16-12(4)20-14(6-2)22-19(16)26-17/h7-8,10H,5-6,9H2,1-4H3,(H,21,25). The maximum absolute atomic E-state index is 12.8. The number of amides is 1. The molecule has 6 nitrogen and oxygen atoms in total. The average Bonchev–Trinajstić information content (AvgIpc) is 2.95. The highest BCUT2D eigenvalue weighted by Gasteiger charge is 2.19. The highest BCUT2D eigenvalue weighted by atomic mass is 32.1. The van der Waals surface area contributed by atoms with Gasteiger partial charge in [-0.15, -0.1) is 11.3 Å². The number of carbonyl (C=O) groups is 1. The molecule has 3 aromatic heterocycles. The Kier molecular flexibility index (Phi) is 5.18.